The number of amides is 1. The Bertz CT molecular complexity index is 1120. The first-order valence-corrected chi connectivity index (χ1v) is 10.3. The van der Waals surface area contributed by atoms with Crippen LogP contribution in [0.25, 0.3) is 0 Å². The first kappa shape index (κ1) is 20.8. The van der Waals surface area contributed by atoms with Crippen LogP contribution in [0, 0.1) is 13.8 Å². The minimum Gasteiger partial charge on any atom is -0.491 e. The van der Waals surface area contributed by atoms with Crippen LogP contribution in [0.5, 0.6) is 5.75 Å². The van der Waals surface area contributed by atoms with E-state index < -0.39 is 11.5 Å². The minimum atomic E-state index is -1.89. The number of nitrogens with zero attached hydrogens (tertiary/aromatic N) is 1. The number of carbonyl (C=O) groups excluding carboxylic acids is 2. The van der Waals surface area contributed by atoms with Crippen molar-refractivity contribution < 1.29 is 19.4 Å². The summed E-state index contributed by atoms with van der Waals surface area (Å²) in [4.78, 5) is 27.7. The number of benzene rings is 3. The smallest absolute Gasteiger partial charge is 0.264 e. The molecule has 158 valence electrons. The van der Waals surface area contributed by atoms with Gasteiger partial charge in [-0.25, -0.2) is 0 Å². The van der Waals surface area contributed by atoms with Gasteiger partial charge in [-0.1, -0.05) is 66.2 Å². The molecule has 0 spiro atoms. The summed E-state index contributed by atoms with van der Waals surface area (Å²) in [5.41, 5.74) is 1.71. The van der Waals surface area contributed by atoms with E-state index >= 15 is 0 Å². The molecule has 0 bridgehead atoms. The zero-order valence-electron chi connectivity index (χ0n) is 17.7. The molecule has 0 aromatic heterocycles. The molecule has 0 saturated carbocycles. The summed E-state index contributed by atoms with van der Waals surface area (Å²) in [5.74, 6) is -0.0153. The van der Waals surface area contributed by atoms with Crippen LogP contribution in [0.2, 0.25) is 0 Å². The second-order valence-electron chi connectivity index (χ2n) is 7.91. The summed E-state index contributed by atoms with van der Waals surface area (Å²) in [6, 6.07) is 21.9. The van der Waals surface area contributed by atoms with E-state index in [0.717, 1.165) is 16.9 Å². The third-order valence-electron chi connectivity index (χ3n) is 5.70. The number of aliphatic hydroxyl groups is 1. The number of anilines is 1. The zero-order chi connectivity index (χ0) is 22.0. The summed E-state index contributed by atoms with van der Waals surface area (Å²) in [6.45, 7) is 4.44. The molecule has 1 N–H and O–H groups in total. The maximum atomic E-state index is 13.3. The molecule has 1 aliphatic rings. The lowest BCUT2D eigenvalue weighted by molar-refractivity contribution is -0.135. The second-order valence-corrected chi connectivity index (χ2v) is 7.91. The number of aryl methyl sites for hydroxylation is 2. The van der Waals surface area contributed by atoms with Crippen LogP contribution >= 0.6 is 0 Å². The summed E-state index contributed by atoms with van der Waals surface area (Å²) in [7, 11) is 0. The number of ketones is 1. The van der Waals surface area contributed by atoms with Gasteiger partial charge in [0.15, 0.2) is 11.4 Å². The van der Waals surface area contributed by atoms with Crippen molar-refractivity contribution in [2.45, 2.75) is 25.9 Å². The van der Waals surface area contributed by atoms with Crippen molar-refractivity contribution in [3.63, 3.8) is 0 Å². The number of para-hydroxylation sites is 2. The van der Waals surface area contributed by atoms with E-state index in [-0.39, 0.29) is 25.4 Å². The molecule has 1 heterocycles. The van der Waals surface area contributed by atoms with Crippen LogP contribution in [-0.4, -0.2) is 29.9 Å². The highest BCUT2D eigenvalue weighted by atomic mass is 16.5. The average Bonchev–Trinajstić information content (AvgIpc) is 2.97. The van der Waals surface area contributed by atoms with Gasteiger partial charge in [0.05, 0.1) is 18.7 Å². The molecule has 4 rings (SSSR count). The predicted molar refractivity (Wildman–Crippen MR) is 119 cm³/mol. The number of hydrogen-bond acceptors (Lipinski definition) is 4. The summed E-state index contributed by atoms with van der Waals surface area (Å²) in [5, 5.41) is 11.4. The van der Waals surface area contributed by atoms with E-state index in [1.165, 1.54) is 4.90 Å². The Labute approximate surface area is 181 Å². The maximum absolute atomic E-state index is 13.3. The normalized spacial score (nSPS) is 17.5. The molecular formula is C26H25NO4. The lowest BCUT2D eigenvalue weighted by Gasteiger charge is -2.23. The Hall–Kier alpha value is -3.44. The Morgan fingerprint density at radius 1 is 0.968 bits per heavy atom. The highest BCUT2D eigenvalue weighted by Gasteiger charge is 2.50. The monoisotopic (exact) mass is 415 g/mol. The van der Waals surface area contributed by atoms with E-state index in [1.807, 2.05) is 56.3 Å². The average molecular weight is 415 g/mol. The molecule has 0 radical (unpaired) electrons. The van der Waals surface area contributed by atoms with Crippen LogP contribution in [0.1, 0.15) is 33.5 Å². The molecule has 5 nitrogen and oxygen atoms in total. The first-order valence-electron chi connectivity index (χ1n) is 10.3. The molecule has 31 heavy (non-hydrogen) atoms. The minimum absolute atomic E-state index is 0.269. The van der Waals surface area contributed by atoms with E-state index in [1.54, 1.807) is 30.3 Å². The lowest BCUT2D eigenvalue weighted by atomic mass is 9.88. The van der Waals surface area contributed by atoms with Crippen LogP contribution < -0.4 is 9.64 Å². The third-order valence-corrected chi connectivity index (χ3v) is 5.70. The van der Waals surface area contributed by atoms with Crippen molar-refractivity contribution >= 4 is 17.4 Å². The molecule has 1 amide bonds. The molecule has 0 saturated heterocycles. The Morgan fingerprint density at radius 3 is 2.39 bits per heavy atom. The highest BCUT2D eigenvalue weighted by molar-refractivity contribution is 6.10. The molecule has 3 aromatic rings. The van der Waals surface area contributed by atoms with Crippen LogP contribution in [0.3, 0.4) is 0 Å². The van der Waals surface area contributed by atoms with Crippen molar-refractivity contribution in [3.8, 4) is 5.75 Å². The van der Waals surface area contributed by atoms with Crippen LogP contribution in [0.15, 0.2) is 72.8 Å². The maximum Gasteiger partial charge on any atom is 0.264 e. The molecule has 5 heteroatoms. The van der Waals surface area contributed by atoms with Gasteiger partial charge in [-0.05, 0) is 31.5 Å². The van der Waals surface area contributed by atoms with Crippen LogP contribution in [-0.2, 0) is 10.4 Å². The molecule has 3 aromatic carbocycles. The number of ether oxygens (including phenoxy) is 1. The molecule has 1 aliphatic heterocycles. The number of hydrogen-bond donors (Lipinski definition) is 1. The predicted octanol–water partition coefficient (Wildman–Crippen LogP) is 4.19. The molecule has 0 aliphatic carbocycles. The van der Waals surface area contributed by atoms with E-state index in [0.29, 0.717) is 16.8 Å². The number of carbonyl (C=O) groups is 2. The number of fused-ring (bicyclic) bond motifs is 1. The van der Waals surface area contributed by atoms with Gasteiger partial charge in [-0.3, -0.25) is 9.59 Å². The zero-order valence-corrected chi connectivity index (χ0v) is 17.7. The van der Waals surface area contributed by atoms with Crippen molar-refractivity contribution in [1.29, 1.82) is 0 Å². The summed E-state index contributed by atoms with van der Waals surface area (Å²) >= 11 is 0. The number of Topliss-reactive ketones (excluding diaryl/α,β-unsaturated/α-hetero) is 1. The fraction of sp³-hybridized carbons (Fsp3) is 0.231. The first-order chi connectivity index (χ1) is 14.9. The van der Waals surface area contributed by atoms with Gasteiger partial charge in [-0.2, -0.15) is 0 Å². The second kappa shape index (κ2) is 8.36. The van der Waals surface area contributed by atoms with Crippen molar-refractivity contribution in [3.05, 3.63) is 95.1 Å². The third kappa shape index (κ3) is 3.97. The Kier molecular flexibility index (Phi) is 5.61. The Morgan fingerprint density at radius 2 is 1.65 bits per heavy atom. The van der Waals surface area contributed by atoms with Crippen molar-refractivity contribution in [1.82, 2.24) is 0 Å². The fourth-order valence-electron chi connectivity index (χ4n) is 3.94. The highest BCUT2D eigenvalue weighted by Crippen LogP contribution is 2.42. The van der Waals surface area contributed by atoms with Gasteiger partial charge in [0, 0.05) is 11.1 Å². The molecule has 0 fully saturated rings. The largest absolute Gasteiger partial charge is 0.491 e. The van der Waals surface area contributed by atoms with Gasteiger partial charge < -0.3 is 14.7 Å². The summed E-state index contributed by atoms with van der Waals surface area (Å²) in [6.07, 6.45) is -0.305. The van der Waals surface area contributed by atoms with Gasteiger partial charge in [0.25, 0.3) is 5.91 Å². The Balaban J connectivity index is 1.54. The van der Waals surface area contributed by atoms with Crippen LogP contribution in [0.4, 0.5) is 5.69 Å². The van der Waals surface area contributed by atoms with Gasteiger partial charge >= 0.3 is 0 Å². The van der Waals surface area contributed by atoms with Crippen molar-refractivity contribution in [2.75, 3.05) is 18.1 Å². The lowest BCUT2D eigenvalue weighted by Crippen LogP contribution is -2.43. The standard InChI is InChI=1S/C26H25NO4/c1-18-11-13-20(14-12-18)23(28)17-26(30)21-8-4-5-9-22(21)27(25(26)29)15-16-31-24-10-6-3-7-19(24)2/h3-14,30H,15-17H2,1-2H3. The van der Waals surface area contributed by atoms with Crippen molar-refractivity contribution in [2.24, 2.45) is 0 Å². The quantitative estimate of drug-likeness (QED) is 0.588. The van der Waals surface area contributed by atoms with Gasteiger partial charge in [0.1, 0.15) is 12.4 Å². The van der Waals surface area contributed by atoms with Gasteiger partial charge in [-0.15, -0.1) is 0 Å². The number of rotatable bonds is 7. The molecule has 1 unspecified atom stereocenters. The SMILES string of the molecule is Cc1ccc(C(=O)CC2(O)C(=O)N(CCOc3ccccc3C)c3ccccc32)cc1. The van der Waals surface area contributed by atoms with E-state index in [4.69, 9.17) is 4.74 Å². The van der Waals surface area contributed by atoms with E-state index in [9.17, 15) is 14.7 Å². The summed E-state index contributed by atoms with van der Waals surface area (Å²) < 4.78 is 5.85. The van der Waals surface area contributed by atoms with Gasteiger partial charge in [0.2, 0.25) is 0 Å². The molecular weight excluding hydrogens is 390 g/mol. The molecule has 1 atom stereocenters. The fourth-order valence-corrected chi connectivity index (χ4v) is 3.94. The topological polar surface area (TPSA) is 66.8 Å². The van der Waals surface area contributed by atoms with E-state index in [2.05, 4.69) is 0 Å².